The molecule has 0 spiro atoms. The highest BCUT2D eigenvalue weighted by molar-refractivity contribution is 6.03. The molecule has 0 aliphatic heterocycles. The summed E-state index contributed by atoms with van der Waals surface area (Å²) < 4.78 is 18.0. The van der Waals surface area contributed by atoms with Gasteiger partial charge in [0.2, 0.25) is 0 Å². The lowest BCUT2D eigenvalue weighted by atomic mass is 10.2. The summed E-state index contributed by atoms with van der Waals surface area (Å²) in [4.78, 5) is 15.8. The fourth-order valence-corrected chi connectivity index (χ4v) is 1.53. The molecule has 0 saturated carbocycles. The zero-order valence-corrected chi connectivity index (χ0v) is 10.2. The average Bonchev–Trinajstić information content (AvgIpc) is 2.40. The number of amides is 1. The van der Waals surface area contributed by atoms with E-state index in [1.165, 1.54) is 31.4 Å². The fraction of sp³-hybridized carbons (Fsp3) is 0.0769. The highest BCUT2D eigenvalue weighted by atomic mass is 19.1. The van der Waals surface area contributed by atoms with E-state index in [1.54, 1.807) is 12.1 Å². The third-order valence-corrected chi connectivity index (χ3v) is 2.42. The zero-order valence-electron chi connectivity index (χ0n) is 10.2. The summed E-state index contributed by atoms with van der Waals surface area (Å²) in [6.45, 7) is 0. The number of ether oxygens (including phenoxy) is 1. The summed E-state index contributed by atoms with van der Waals surface area (Å²) in [6, 6.07) is 8.56. The van der Waals surface area contributed by atoms with Gasteiger partial charge in [-0.3, -0.25) is 4.79 Å². The first-order valence-corrected chi connectivity index (χ1v) is 5.47. The maximum Gasteiger partial charge on any atom is 0.274 e. The van der Waals surface area contributed by atoms with Crippen molar-refractivity contribution in [1.82, 2.24) is 4.98 Å². The number of nitrogens with one attached hydrogen (secondary N) is 1. The summed E-state index contributed by atoms with van der Waals surface area (Å²) in [5.74, 6) is -0.412. The van der Waals surface area contributed by atoms with Crippen molar-refractivity contribution < 1.29 is 13.9 Å². The van der Waals surface area contributed by atoms with Crippen LogP contribution in [0.3, 0.4) is 0 Å². The van der Waals surface area contributed by atoms with Crippen LogP contribution >= 0.6 is 0 Å². The van der Waals surface area contributed by atoms with Gasteiger partial charge in [-0.25, -0.2) is 9.37 Å². The molecule has 98 valence electrons. The van der Waals surface area contributed by atoms with Gasteiger partial charge in [0.05, 0.1) is 12.8 Å². The van der Waals surface area contributed by atoms with E-state index in [0.29, 0.717) is 5.69 Å². The highest BCUT2D eigenvalue weighted by Crippen LogP contribution is 2.25. The van der Waals surface area contributed by atoms with Crippen molar-refractivity contribution in [3.63, 3.8) is 0 Å². The number of carbonyl (C=O) groups excluding carboxylic acids is 1. The SMILES string of the molecule is COc1cc(F)ccc1NC(=O)c1cccc(N)n1. The number of anilines is 2. The van der Waals surface area contributed by atoms with Crippen LogP contribution < -0.4 is 15.8 Å². The Morgan fingerprint density at radius 1 is 1.37 bits per heavy atom. The third kappa shape index (κ3) is 2.98. The van der Waals surface area contributed by atoms with Gasteiger partial charge in [0, 0.05) is 6.07 Å². The van der Waals surface area contributed by atoms with Crippen LogP contribution in [-0.2, 0) is 0 Å². The maximum atomic E-state index is 13.0. The first-order chi connectivity index (χ1) is 9.10. The average molecular weight is 261 g/mol. The molecule has 1 heterocycles. The van der Waals surface area contributed by atoms with Gasteiger partial charge < -0.3 is 15.8 Å². The minimum absolute atomic E-state index is 0.173. The molecule has 0 aliphatic carbocycles. The van der Waals surface area contributed by atoms with E-state index >= 15 is 0 Å². The molecule has 0 fully saturated rings. The summed E-state index contributed by atoms with van der Waals surface area (Å²) in [6.07, 6.45) is 0. The second kappa shape index (κ2) is 5.34. The van der Waals surface area contributed by atoms with Crippen molar-refractivity contribution in [3.05, 3.63) is 47.9 Å². The number of carbonyl (C=O) groups is 1. The Labute approximate surface area is 109 Å². The molecule has 0 bridgehead atoms. The van der Waals surface area contributed by atoms with Crippen LogP contribution in [0.1, 0.15) is 10.5 Å². The number of pyridine rings is 1. The number of hydrogen-bond donors (Lipinski definition) is 2. The largest absolute Gasteiger partial charge is 0.494 e. The van der Waals surface area contributed by atoms with E-state index in [4.69, 9.17) is 10.5 Å². The van der Waals surface area contributed by atoms with Crippen LogP contribution in [0, 0.1) is 5.82 Å². The van der Waals surface area contributed by atoms with Crippen molar-refractivity contribution in [1.29, 1.82) is 0 Å². The molecule has 2 rings (SSSR count). The van der Waals surface area contributed by atoms with Crippen molar-refractivity contribution in [2.24, 2.45) is 0 Å². The lowest BCUT2D eigenvalue weighted by molar-refractivity contribution is 0.102. The number of halogens is 1. The maximum absolute atomic E-state index is 13.0. The molecule has 0 radical (unpaired) electrons. The number of rotatable bonds is 3. The van der Waals surface area contributed by atoms with Crippen LogP contribution in [-0.4, -0.2) is 18.0 Å². The molecule has 6 heteroatoms. The Morgan fingerprint density at radius 2 is 2.16 bits per heavy atom. The van der Waals surface area contributed by atoms with Crippen LogP contribution in [0.4, 0.5) is 15.9 Å². The third-order valence-electron chi connectivity index (χ3n) is 2.42. The predicted molar refractivity (Wildman–Crippen MR) is 69.6 cm³/mol. The first-order valence-electron chi connectivity index (χ1n) is 5.47. The molecule has 19 heavy (non-hydrogen) atoms. The summed E-state index contributed by atoms with van der Waals surface area (Å²) >= 11 is 0. The summed E-state index contributed by atoms with van der Waals surface area (Å²) in [5, 5.41) is 2.58. The molecule has 0 aliphatic rings. The van der Waals surface area contributed by atoms with Gasteiger partial charge >= 0.3 is 0 Å². The topological polar surface area (TPSA) is 77.2 Å². The Balaban J connectivity index is 2.24. The minimum Gasteiger partial charge on any atom is -0.494 e. The standard InChI is InChI=1S/C13H12FN3O2/c1-19-11-7-8(14)5-6-9(11)17-13(18)10-3-2-4-12(15)16-10/h2-7H,1H3,(H2,15,16)(H,17,18). The second-order valence-electron chi connectivity index (χ2n) is 3.75. The van der Waals surface area contributed by atoms with Gasteiger partial charge in [0.1, 0.15) is 23.1 Å². The highest BCUT2D eigenvalue weighted by Gasteiger charge is 2.11. The van der Waals surface area contributed by atoms with Gasteiger partial charge in [-0.1, -0.05) is 6.07 Å². The van der Waals surface area contributed by atoms with E-state index < -0.39 is 11.7 Å². The number of nitrogen functional groups attached to an aromatic ring is 1. The monoisotopic (exact) mass is 261 g/mol. The number of methoxy groups -OCH3 is 1. The van der Waals surface area contributed by atoms with Crippen LogP contribution in [0.2, 0.25) is 0 Å². The van der Waals surface area contributed by atoms with Gasteiger partial charge in [-0.15, -0.1) is 0 Å². The zero-order chi connectivity index (χ0) is 13.8. The van der Waals surface area contributed by atoms with E-state index in [2.05, 4.69) is 10.3 Å². The Bertz CT molecular complexity index is 617. The molecule has 5 nitrogen and oxygen atoms in total. The lowest BCUT2D eigenvalue weighted by Gasteiger charge is -2.09. The molecule has 0 saturated heterocycles. The molecule has 1 aromatic heterocycles. The normalized spacial score (nSPS) is 10.0. The predicted octanol–water partition coefficient (Wildman–Crippen LogP) is 2.06. The lowest BCUT2D eigenvalue weighted by Crippen LogP contribution is -2.14. The fourth-order valence-electron chi connectivity index (χ4n) is 1.53. The number of nitrogens with two attached hydrogens (primary N) is 1. The molecule has 0 atom stereocenters. The Kier molecular flexibility index (Phi) is 3.61. The van der Waals surface area contributed by atoms with Crippen LogP contribution in [0.15, 0.2) is 36.4 Å². The van der Waals surface area contributed by atoms with E-state index in [9.17, 15) is 9.18 Å². The van der Waals surface area contributed by atoms with Gasteiger partial charge in [0.15, 0.2) is 0 Å². The summed E-state index contributed by atoms with van der Waals surface area (Å²) in [5.41, 5.74) is 6.03. The molecular weight excluding hydrogens is 249 g/mol. The molecular formula is C13H12FN3O2. The minimum atomic E-state index is -0.447. The van der Waals surface area contributed by atoms with Gasteiger partial charge in [-0.2, -0.15) is 0 Å². The van der Waals surface area contributed by atoms with E-state index in [-0.39, 0.29) is 17.3 Å². The van der Waals surface area contributed by atoms with Crippen molar-refractivity contribution in [3.8, 4) is 5.75 Å². The number of aromatic nitrogens is 1. The Morgan fingerprint density at radius 3 is 2.84 bits per heavy atom. The molecule has 2 aromatic rings. The molecule has 0 unspecified atom stereocenters. The molecule has 1 amide bonds. The Hall–Kier alpha value is -2.63. The second-order valence-corrected chi connectivity index (χ2v) is 3.75. The van der Waals surface area contributed by atoms with Crippen LogP contribution in [0.5, 0.6) is 5.75 Å². The number of nitrogens with zero attached hydrogens (tertiary/aromatic N) is 1. The summed E-state index contributed by atoms with van der Waals surface area (Å²) in [7, 11) is 1.39. The van der Waals surface area contributed by atoms with Crippen molar-refractivity contribution in [2.45, 2.75) is 0 Å². The first kappa shape index (κ1) is 12.8. The van der Waals surface area contributed by atoms with E-state index in [0.717, 1.165) is 0 Å². The van der Waals surface area contributed by atoms with Crippen LogP contribution in [0.25, 0.3) is 0 Å². The smallest absolute Gasteiger partial charge is 0.274 e. The van der Waals surface area contributed by atoms with Gasteiger partial charge in [-0.05, 0) is 24.3 Å². The van der Waals surface area contributed by atoms with E-state index in [1.807, 2.05) is 0 Å². The number of hydrogen-bond acceptors (Lipinski definition) is 4. The molecule has 1 aromatic carbocycles. The number of benzene rings is 1. The van der Waals surface area contributed by atoms with Gasteiger partial charge in [0.25, 0.3) is 5.91 Å². The van der Waals surface area contributed by atoms with Crippen molar-refractivity contribution in [2.75, 3.05) is 18.2 Å². The molecule has 3 N–H and O–H groups in total. The quantitative estimate of drug-likeness (QED) is 0.886. The van der Waals surface area contributed by atoms with Crippen molar-refractivity contribution >= 4 is 17.4 Å².